The lowest BCUT2D eigenvalue weighted by Crippen LogP contribution is -2.36. The molecule has 1 aromatic carbocycles. The Bertz CT molecular complexity index is 506. The lowest BCUT2D eigenvalue weighted by molar-refractivity contribution is 0.0698. The highest BCUT2D eigenvalue weighted by molar-refractivity contribution is 14.1. The topological polar surface area (TPSA) is 78.4 Å². The van der Waals surface area contributed by atoms with Gasteiger partial charge >= 0.3 is 12.0 Å². The molecule has 1 unspecified atom stereocenters. The number of carboxylic acids is 1. The van der Waals surface area contributed by atoms with Crippen LogP contribution >= 0.6 is 22.6 Å². The zero-order valence-corrected chi connectivity index (χ0v) is 14.4. The van der Waals surface area contributed by atoms with Crippen LogP contribution in [0.5, 0.6) is 0 Å². The van der Waals surface area contributed by atoms with E-state index in [9.17, 15) is 9.59 Å². The van der Waals surface area contributed by atoms with Crippen LogP contribution in [0.4, 0.5) is 10.5 Å². The summed E-state index contributed by atoms with van der Waals surface area (Å²) in [5.41, 5.74) is 0.400. The molecule has 1 atom stereocenters. The van der Waals surface area contributed by atoms with Crippen LogP contribution in [-0.4, -0.2) is 23.1 Å². The molecule has 6 heteroatoms. The van der Waals surface area contributed by atoms with E-state index >= 15 is 0 Å². The van der Waals surface area contributed by atoms with Gasteiger partial charge in [0.25, 0.3) is 0 Å². The highest BCUT2D eigenvalue weighted by atomic mass is 127. The van der Waals surface area contributed by atoms with Gasteiger partial charge in [0.05, 0.1) is 11.3 Å². The first-order chi connectivity index (χ1) is 9.93. The maximum absolute atomic E-state index is 11.9. The third-order valence-electron chi connectivity index (χ3n) is 3.08. The van der Waals surface area contributed by atoms with Crippen molar-refractivity contribution in [2.24, 2.45) is 0 Å². The molecule has 0 spiro atoms. The van der Waals surface area contributed by atoms with Crippen LogP contribution in [0.15, 0.2) is 18.2 Å². The van der Waals surface area contributed by atoms with Gasteiger partial charge in [-0.3, -0.25) is 0 Å². The number of carbonyl (C=O) groups is 2. The van der Waals surface area contributed by atoms with Crippen LogP contribution in [0.3, 0.4) is 0 Å². The Hall–Kier alpha value is -1.31. The molecule has 0 radical (unpaired) electrons. The molecular formula is C15H21IN2O3. The van der Waals surface area contributed by atoms with Crippen LogP contribution in [0, 0.1) is 3.57 Å². The number of amides is 2. The molecule has 0 fully saturated rings. The van der Waals surface area contributed by atoms with E-state index in [1.54, 1.807) is 12.1 Å². The van der Waals surface area contributed by atoms with Gasteiger partial charge in [-0.1, -0.05) is 26.2 Å². The number of carbonyl (C=O) groups excluding carboxylic acids is 1. The summed E-state index contributed by atoms with van der Waals surface area (Å²) in [6, 6.07) is 4.58. The number of urea groups is 1. The summed E-state index contributed by atoms with van der Waals surface area (Å²) in [7, 11) is 0. The summed E-state index contributed by atoms with van der Waals surface area (Å²) >= 11 is 2.04. The molecule has 1 rings (SSSR count). The fraction of sp³-hybridized carbons (Fsp3) is 0.467. The van der Waals surface area contributed by atoms with Crippen LogP contribution in [0.1, 0.15) is 49.9 Å². The number of rotatable bonds is 7. The molecule has 5 nitrogen and oxygen atoms in total. The maximum Gasteiger partial charge on any atom is 0.337 e. The quantitative estimate of drug-likeness (QED) is 0.474. The number of carboxylic acid groups (broad SMARTS) is 1. The van der Waals surface area contributed by atoms with Crippen molar-refractivity contribution in [3.05, 3.63) is 27.3 Å². The second-order valence-corrected chi connectivity index (χ2v) is 6.24. The molecule has 2 amide bonds. The molecule has 0 saturated carbocycles. The zero-order chi connectivity index (χ0) is 15.8. The predicted octanol–water partition coefficient (Wildman–Crippen LogP) is 4.08. The number of hydrogen-bond acceptors (Lipinski definition) is 2. The Morgan fingerprint density at radius 1 is 1.33 bits per heavy atom. The average Bonchev–Trinajstić information content (AvgIpc) is 2.40. The Labute approximate surface area is 138 Å². The summed E-state index contributed by atoms with van der Waals surface area (Å²) < 4.78 is 0.809. The van der Waals surface area contributed by atoms with Gasteiger partial charge < -0.3 is 15.7 Å². The predicted molar refractivity (Wildman–Crippen MR) is 91.9 cm³/mol. The number of nitrogens with one attached hydrogen (secondary N) is 2. The SMILES string of the molecule is CCCCCC(C)NC(=O)Nc1ccc(I)cc1C(=O)O. The van der Waals surface area contributed by atoms with Crippen molar-refractivity contribution in [3.8, 4) is 0 Å². The van der Waals surface area contributed by atoms with Crippen LogP contribution in [-0.2, 0) is 0 Å². The summed E-state index contributed by atoms with van der Waals surface area (Å²) in [5, 5.41) is 14.6. The lowest BCUT2D eigenvalue weighted by Gasteiger charge is -2.15. The minimum Gasteiger partial charge on any atom is -0.478 e. The van der Waals surface area contributed by atoms with Gasteiger partial charge in [0, 0.05) is 9.61 Å². The van der Waals surface area contributed by atoms with E-state index in [0.717, 1.165) is 29.3 Å². The van der Waals surface area contributed by atoms with Crippen LogP contribution < -0.4 is 10.6 Å². The molecule has 0 aliphatic heterocycles. The standard InChI is InChI=1S/C15H21IN2O3/c1-3-4-5-6-10(2)17-15(21)18-13-8-7-11(16)9-12(13)14(19)20/h7-10H,3-6H2,1-2H3,(H,19,20)(H2,17,18,21). The van der Waals surface area contributed by atoms with Crippen molar-refractivity contribution in [2.75, 3.05) is 5.32 Å². The minimum absolute atomic E-state index is 0.0636. The van der Waals surface area contributed by atoms with E-state index < -0.39 is 5.97 Å². The Kier molecular flexibility index (Phi) is 7.49. The van der Waals surface area contributed by atoms with Crippen molar-refractivity contribution >= 4 is 40.3 Å². The number of unbranched alkanes of at least 4 members (excludes halogenated alkanes) is 2. The normalized spacial score (nSPS) is 11.8. The van der Waals surface area contributed by atoms with Crippen LogP contribution in [0.25, 0.3) is 0 Å². The molecule has 0 bridgehead atoms. The van der Waals surface area contributed by atoms with Crippen molar-refractivity contribution in [1.29, 1.82) is 0 Å². The van der Waals surface area contributed by atoms with E-state index in [-0.39, 0.29) is 17.6 Å². The van der Waals surface area contributed by atoms with Gasteiger partial charge in [0.1, 0.15) is 0 Å². The lowest BCUT2D eigenvalue weighted by atomic mass is 10.1. The fourth-order valence-electron chi connectivity index (χ4n) is 1.96. The first-order valence-corrected chi connectivity index (χ1v) is 8.12. The van der Waals surface area contributed by atoms with Gasteiger partial charge in [0.15, 0.2) is 0 Å². The van der Waals surface area contributed by atoms with Crippen molar-refractivity contribution in [1.82, 2.24) is 5.32 Å². The summed E-state index contributed by atoms with van der Waals surface area (Å²) in [4.78, 5) is 23.1. The second-order valence-electron chi connectivity index (χ2n) is 4.99. The Balaban J connectivity index is 2.60. The van der Waals surface area contributed by atoms with Gasteiger partial charge in [-0.15, -0.1) is 0 Å². The van der Waals surface area contributed by atoms with E-state index in [1.165, 1.54) is 6.07 Å². The first kappa shape index (κ1) is 17.7. The van der Waals surface area contributed by atoms with E-state index in [4.69, 9.17) is 5.11 Å². The molecule has 21 heavy (non-hydrogen) atoms. The van der Waals surface area contributed by atoms with Crippen molar-refractivity contribution in [3.63, 3.8) is 0 Å². The average molecular weight is 404 g/mol. The molecule has 0 heterocycles. The Morgan fingerprint density at radius 3 is 2.67 bits per heavy atom. The molecular weight excluding hydrogens is 383 g/mol. The molecule has 0 aromatic heterocycles. The van der Waals surface area contributed by atoms with Gasteiger partial charge in [-0.2, -0.15) is 0 Å². The molecule has 0 aliphatic rings. The van der Waals surface area contributed by atoms with E-state index in [2.05, 4.69) is 17.6 Å². The van der Waals surface area contributed by atoms with Gasteiger partial charge in [0.2, 0.25) is 0 Å². The summed E-state index contributed by atoms with van der Waals surface area (Å²) in [6.45, 7) is 4.08. The molecule has 116 valence electrons. The maximum atomic E-state index is 11.9. The first-order valence-electron chi connectivity index (χ1n) is 7.04. The number of anilines is 1. The van der Waals surface area contributed by atoms with E-state index in [0.29, 0.717) is 5.69 Å². The second kappa shape index (κ2) is 8.86. The third-order valence-corrected chi connectivity index (χ3v) is 3.75. The smallest absolute Gasteiger partial charge is 0.337 e. The van der Waals surface area contributed by atoms with Gasteiger partial charge in [-0.25, -0.2) is 9.59 Å². The molecule has 0 saturated heterocycles. The monoisotopic (exact) mass is 404 g/mol. The minimum atomic E-state index is -1.06. The molecule has 0 aliphatic carbocycles. The molecule has 3 N–H and O–H groups in total. The number of hydrogen-bond donors (Lipinski definition) is 3. The fourth-order valence-corrected chi connectivity index (χ4v) is 2.45. The van der Waals surface area contributed by atoms with Crippen molar-refractivity contribution in [2.45, 2.75) is 45.6 Å². The number of aromatic carboxylic acids is 1. The molecule has 1 aromatic rings. The highest BCUT2D eigenvalue weighted by Crippen LogP contribution is 2.19. The number of benzene rings is 1. The summed E-state index contributed by atoms with van der Waals surface area (Å²) in [6.07, 6.45) is 4.28. The highest BCUT2D eigenvalue weighted by Gasteiger charge is 2.14. The third kappa shape index (κ3) is 6.33. The van der Waals surface area contributed by atoms with Crippen LogP contribution in [0.2, 0.25) is 0 Å². The largest absolute Gasteiger partial charge is 0.478 e. The Morgan fingerprint density at radius 2 is 2.05 bits per heavy atom. The number of halogens is 1. The zero-order valence-electron chi connectivity index (χ0n) is 12.3. The van der Waals surface area contributed by atoms with Crippen molar-refractivity contribution < 1.29 is 14.7 Å². The summed E-state index contributed by atoms with van der Waals surface area (Å²) in [5.74, 6) is -1.06. The van der Waals surface area contributed by atoms with E-state index in [1.807, 2.05) is 29.5 Å². The van der Waals surface area contributed by atoms with Gasteiger partial charge in [-0.05, 0) is 54.1 Å².